The fourth-order valence-corrected chi connectivity index (χ4v) is 2.02. The van der Waals surface area contributed by atoms with Crippen molar-refractivity contribution < 1.29 is 14.3 Å². The summed E-state index contributed by atoms with van der Waals surface area (Å²) in [5.74, 6) is 0.412. The number of rotatable bonds is 3. The van der Waals surface area contributed by atoms with E-state index in [1.54, 1.807) is 0 Å². The molecular formula is C13H15NO3. The van der Waals surface area contributed by atoms with Crippen LogP contribution in [0.1, 0.15) is 31.2 Å². The summed E-state index contributed by atoms with van der Waals surface area (Å²) in [6, 6.07) is 7.58. The van der Waals surface area contributed by atoms with E-state index in [4.69, 9.17) is 4.74 Å². The lowest BCUT2D eigenvalue weighted by Crippen LogP contribution is -2.37. The minimum atomic E-state index is -0.194. The third kappa shape index (κ3) is 2.84. The molecule has 0 bridgehead atoms. The van der Waals surface area contributed by atoms with Crippen molar-refractivity contribution in [3.05, 3.63) is 29.8 Å². The molecule has 0 aliphatic carbocycles. The van der Waals surface area contributed by atoms with Gasteiger partial charge < -0.3 is 4.74 Å². The van der Waals surface area contributed by atoms with Gasteiger partial charge in [0, 0.05) is 18.8 Å². The van der Waals surface area contributed by atoms with Crippen molar-refractivity contribution in [1.29, 1.82) is 0 Å². The molecule has 1 fully saturated rings. The number of amides is 2. The Hall–Kier alpha value is -1.84. The lowest BCUT2D eigenvalue weighted by Gasteiger charge is -2.21. The van der Waals surface area contributed by atoms with Gasteiger partial charge in [-0.1, -0.05) is 12.1 Å². The van der Waals surface area contributed by atoms with E-state index in [0.29, 0.717) is 19.4 Å². The Morgan fingerprint density at radius 2 is 1.76 bits per heavy atom. The number of imide groups is 1. The summed E-state index contributed by atoms with van der Waals surface area (Å²) in [4.78, 5) is 22.5. The van der Waals surface area contributed by atoms with Gasteiger partial charge in [-0.2, -0.15) is 0 Å². The molecular weight excluding hydrogens is 218 g/mol. The zero-order chi connectivity index (χ0) is 12.3. The molecule has 2 rings (SSSR count). The van der Waals surface area contributed by atoms with E-state index in [2.05, 4.69) is 5.32 Å². The fourth-order valence-electron chi connectivity index (χ4n) is 2.02. The first-order chi connectivity index (χ1) is 8.19. The predicted octanol–water partition coefficient (Wildman–Crippen LogP) is 1.61. The first kappa shape index (κ1) is 11.6. The Morgan fingerprint density at radius 3 is 2.29 bits per heavy atom. The van der Waals surface area contributed by atoms with Gasteiger partial charge in [-0.25, -0.2) is 0 Å². The molecule has 0 saturated carbocycles. The number of nitrogens with one attached hydrogen (secondary N) is 1. The zero-order valence-corrected chi connectivity index (χ0v) is 9.73. The van der Waals surface area contributed by atoms with Crippen molar-refractivity contribution in [1.82, 2.24) is 5.32 Å². The Labute approximate surface area is 100.0 Å². The average molecular weight is 233 g/mol. The van der Waals surface area contributed by atoms with E-state index in [1.165, 1.54) is 0 Å². The largest absolute Gasteiger partial charge is 0.494 e. The van der Waals surface area contributed by atoms with Crippen molar-refractivity contribution in [2.24, 2.45) is 0 Å². The number of benzene rings is 1. The first-order valence-corrected chi connectivity index (χ1v) is 5.74. The van der Waals surface area contributed by atoms with E-state index in [0.717, 1.165) is 11.3 Å². The molecule has 1 aliphatic heterocycles. The summed E-state index contributed by atoms with van der Waals surface area (Å²) in [5, 5.41) is 2.31. The minimum absolute atomic E-state index is 0.00748. The molecule has 1 aromatic rings. The lowest BCUT2D eigenvalue weighted by molar-refractivity contribution is -0.133. The molecule has 2 amide bonds. The SMILES string of the molecule is CCOc1ccc(C2CC(=O)NC(=O)C2)cc1. The van der Waals surface area contributed by atoms with Crippen LogP contribution in [0.5, 0.6) is 5.75 Å². The third-order valence-electron chi connectivity index (χ3n) is 2.80. The normalized spacial score (nSPS) is 16.8. The van der Waals surface area contributed by atoms with Crippen LogP contribution in [0.2, 0.25) is 0 Å². The van der Waals surface area contributed by atoms with E-state index < -0.39 is 0 Å². The Morgan fingerprint density at radius 1 is 1.18 bits per heavy atom. The molecule has 17 heavy (non-hydrogen) atoms. The highest BCUT2D eigenvalue weighted by Crippen LogP contribution is 2.27. The van der Waals surface area contributed by atoms with Crippen LogP contribution in [0.15, 0.2) is 24.3 Å². The maximum Gasteiger partial charge on any atom is 0.227 e. The topological polar surface area (TPSA) is 55.4 Å². The van der Waals surface area contributed by atoms with E-state index in [1.807, 2.05) is 31.2 Å². The van der Waals surface area contributed by atoms with Crippen LogP contribution < -0.4 is 10.1 Å². The van der Waals surface area contributed by atoms with Crippen molar-refractivity contribution in [2.45, 2.75) is 25.7 Å². The minimum Gasteiger partial charge on any atom is -0.494 e. The van der Waals surface area contributed by atoms with Gasteiger partial charge in [0.25, 0.3) is 0 Å². The molecule has 0 unspecified atom stereocenters. The summed E-state index contributed by atoms with van der Waals surface area (Å²) < 4.78 is 5.34. The lowest BCUT2D eigenvalue weighted by atomic mass is 9.89. The second kappa shape index (κ2) is 4.99. The maximum atomic E-state index is 11.3. The molecule has 4 nitrogen and oxygen atoms in total. The summed E-state index contributed by atoms with van der Waals surface area (Å²) >= 11 is 0. The van der Waals surface area contributed by atoms with Gasteiger partial charge in [0.05, 0.1) is 6.61 Å². The maximum absolute atomic E-state index is 11.3. The molecule has 0 atom stereocenters. The van der Waals surface area contributed by atoms with Gasteiger partial charge in [0.2, 0.25) is 11.8 Å². The molecule has 0 radical (unpaired) electrons. The number of carbonyl (C=O) groups excluding carboxylic acids is 2. The van der Waals surface area contributed by atoms with E-state index >= 15 is 0 Å². The Bertz CT molecular complexity index is 409. The molecule has 1 aliphatic rings. The van der Waals surface area contributed by atoms with Crippen LogP contribution in [0, 0.1) is 0 Å². The molecule has 1 N–H and O–H groups in total. The molecule has 4 heteroatoms. The van der Waals surface area contributed by atoms with Crippen molar-refractivity contribution in [3.63, 3.8) is 0 Å². The second-order valence-electron chi connectivity index (χ2n) is 4.08. The van der Waals surface area contributed by atoms with E-state index in [-0.39, 0.29) is 17.7 Å². The van der Waals surface area contributed by atoms with Gasteiger partial charge in [-0.15, -0.1) is 0 Å². The highest BCUT2D eigenvalue weighted by molar-refractivity contribution is 5.98. The van der Waals surface area contributed by atoms with Crippen molar-refractivity contribution >= 4 is 11.8 Å². The van der Waals surface area contributed by atoms with Gasteiger partial charge in [0.15, 0.2) is 0 Å². The number of piperidine rings is 1. The summed E-state index contributed by atoms with van der Waals surface area (Å²) in [5.41, 5.74) is 1.01. The summed E-state index contributed by atoms with van der Waals surface area (Å²) in [6.07, 6.45) is 0.749. The van der Waals surface area contributed by atoms with Gasteiger partial charge in [0.1, 0.15) is 5.75 Å². The summed E-state index contributed by atoms with van der Waals surface area (Å²) in [7, 11) is 0. The van der Waals surface area contributed by atoms with Crippen LogP contribution in [-0.4, -0.2) is 18.4 Å². The fraction of sp³-hybridized carbons (Fsp3) is 0.385. The second-order valence-corrected chi connectivity index (χ2v) is 4.08. The average Bonchev–Trinajstić information content (AvgIpc) is 2.29. The molecule has 1 aromatic carbocycles. The van der Waals surface area contributed by atoms with Crippen molar-refractivity contribution in [2.75, 3.05) is 6.61 Å². The van der Waals surface area contributed by atoms with Crippen LogP contribution >= 0.6 is 0 Å². The monoisotopic (exact) mass is 233 g/mol. The third-order valence-corrected chi connectivity index (χ3v) is 2.80. The number of hydrogen-bond donors (Lipinski definition) is 1. The number of carbonyl (C=O) groups is 2. The predicted molar refractivity (Wildman–Crippen MR) is 62.7 cm³/mol. The summed E-state index contributed by atoms with van der Waals surface area (Å²) in [6.45, 7) is 2.56. The van der Waals surface area contributed by atoms with Gasteiger partial charge in [-0.3, -0.25) is 14.9 Å². The van der Waals surface area contributed by atoms with Crippen LogP contribution in [-0.2, 0) is 9.59 Å². The highest BCUT2D eigenvalue weighted by atomic mass is 16.5. The molecule has 90 valence electrons. The number of hydrogen-bond acceptors (Lipinski definition) is 3. The van der Waals surface area contributed by atoms with Crippen LogP contribution in [0.4, 0.5) is 0 Å². The zero-order valence-electron chi connectivity index (χ0n) is 9.73. The molecule has 0 spiro atoms. The quantitative estimate of drug-likeness (QED) is 0.807. The smallest absolute Gasteiger partial charge is 0.227 e. The van der Waals surface area contributed by atoms with Gasteiger partial charge in [-0.05, 0) is 24.6 Å². The standard InChI is InChI=1S/C13H15NO3/c1-2-17-11-5-3-9(4-6-11)10-7-12(15)14-13(16)8-10/h3-6,10H,2,7-8H2,1H3,(H,14,15,16). The van der Waals surface area contributed by atoms with Gasteiger partial charge >= 0.3 is 0 Å². The highest BCUT2D eigenvalue weighted by Gasteiger charge is 2.25. The first-order valence-electron chi connectivity index (χ1n) is 5.74. The van der Waals surface area contributed by atoms with Crippen LogP contribution in [0.25, 0.3) is 0 Å². The molecule has 0 aromatic heterocycles. The van der Waals surface area contributed by atoms with Crippen molar-refractivity contribution in [3.8, 4) is 5.75 Å². The molecule has 1 heterocycles. The molecule has 1 saturated heterocycles. The van der Waals surface area contributed by atoms with E-state index in [9.17, 15) is 9.59 Å². The number of ether oxygens (including phenoxy) is 1. The Kier molecular flexibility index (Phi) is 3.42. The Balaban J connectivity index is 2.11. The van der Waals surface area contributed by atoms with Crippen LogP contribution in [0.3, 0.4) is 0 Å².